The number of nitrogens with two attached hydrogens (primary N) is 1. The second kappa shape index (κ2) is 46.9. The number of nitrogens with zero attached hydrogens (tertiary/aromatic N) is 8. The van der Waals surface area contributed by atoms with Gasteiger partial charge in [-0.1, -0.05) is 90.9 Å². The van der Waals surface area contributed by atoms with Crippen molar-refractivity contribution < 1.29 is 45.9 Å². The molecule has 115 heavy (non-hydrogen) atoms. The summed E-state index contributed by atoms with van der Waals surface area (Å²) in [5.74, 6) is -1.08. The topological polar surface area (TPSA) is 279 Å². The van der Waals surface area contributed by atoms with E-state index in [1.807, 2.05) is 13.0 Å². The van der Waals surface area contributed by atoms with Gasteiger partial charge in [-0.05, 0) is 288 Å². The van der Waals surface area contributed by atoms with E-state index in [-0.39, 0.29) is 73.2 Å². The summed E-state index contributed by atoms with van der Waals surface area (Å²) in [7, 11) is 1.32. The highest BCUT2D eigenvalue weighted by Gasteiger charge is 2.30. The second-order valence-electron chi connectivity index (χ2n) is 25.9. The molecule has 5 heterocycles. The van der Waals surface area contributed by atoms with Crippen LogP contribution in [-0.2, 0) is 70.3 Å². The third-order valence-electron chi connectivity index (χ3n) is 17.9. The average molecular weight is 1890 g/mol. The normalized spacial score (nSPS) is 14.0. The highest BCUT2D eigenvalue weighted by Crippen LogP contribution is 2.61. The van der Waals surface area contributed by atoms with Gasteiger partial charge in [0.1, 0.15) is 67.1 Å². The summed E-state index contributed by atoms with van der Waals surface area (Å²) < 4.78 is 83.5. The van der Waals surface area contributed by atoms with Crippen LogP contribution in [0.1, 0.15) is 155 Å². The quantitative estimate of drug-likeness (QED) is 0.0138. The Morgan fingerprint density at radius 3 is 1.43 bits per heavy atom. The maximum atomic E-state index is 14.3. The van der Waals surface area contributed by atoms with Crippen LogP contribution in [0.25, 0.3) is 45.6 Å². The number of hydrogen-bond acceptors (Lipinski definition) is 16. The van der Waals surface area contributed by atoms with Crippen molar-refractivity contribution in [1.82, 2.24) is 44.9 Å². The van der Waals surface area contributed by atoms with Crippen LogP contribution in [0.2, 0.25) is 30.3 Å². The highest BCUT2D eigenvalue weighted by atomic mass is 127. The van der Waals surface area contributed by atoms with Gasteiger partial charge in [-0.3, -0.25) is 29.3 Å². The van der Waals surface area contributed by atoms with E-state index in [1.54, 1.807) is 31.5 Å². The molecule has 5 aromatic heterocycles. The lowest BCUT2D eigenvalue weighted by atomic mass is 9.88. The Labute approximate surface area is 722 Å². The number of anilines is 2. The number of aryl methyl sites for hydroxylation is 5. The van der Waals surface area contributed by atoms with Crippen LogP contribution in [0.5, 0.6) is 0 Å². The van der Waals surface area contributed by atoms with Crippen molar-refractivity contribution in [3.05, 3.63) is 239 Å². The van der Waals surface area contributed by atoms with Crippen LogP contribution in [0.4, 0.5) is 33.5 Å². The molecule has 18 nitrogen and oxygen atoms in total. The summed E-state index contributed by atoms with van der Waals surface area (Å²) in [6.45, 7) is 3.92. The Balaban J connectivity index is 0.000000214. The zero-order chi connectivity index (χ0) is 82.2. The van der Waals surface area contributed by atoms with E-state index in [0.29, 0.717) is 77.3 Å². The fraction of sp³-hybridized carbons (Fsp3) is 0.333. The van der Waals surface area contributed by atoms with Crippen LogP contribution in [-0.4, -0.2) is 81.3 Å². The number of aliphatic hydroxyl groups excluding tert-OH is 1. The lowest BCUT2D eigenvalue weighted by Crippen LogP contribution is -2.27. The van der Waals surface area contributed by atoms with Gasteiger partial charge in [-0.15, -0.1) is 0 Å². The minimum Gasteiger partial charge on any atom is -0.468 e. The van der Waals surface area contributed by atoms with Crippen molar-refractivity contribution in [2.45, 2.75) is 157 Å². The summed E-state index contributed by atoms with van der Waals surface area (Å²) in [6, 6.07) is 23.3. The number of carbonyl (C=O) groups is 2. The number of fused-ring (bicyclic) bond motifs is 4. The van der Waals surface area contributed by atoms with Crippen LogP contribution >= 0.6 is 131 Å². The summed E-state index contributed by atoms with van der Waals surface area (Å²) in [5, 5.41) is 17.3. The zero-order valence-corrected chi connectivity index (χ0v) is 70.9. The van der Waals surface area contributed by atoms with Gasteiger partial charge < -0.3 is 25.9 Å². The molecule has 0 radical (unpaired) electrons. The van der Waals surface area contributed by atoms with Gasteiger partial charge in [-0.2, -0.15) is 0 Å². The second-order valence-corrected chi connectivity index (χ2v) is 36.1. The first-order valence-electron chi connectivity index (χ1n) is 35.7. The molecule has 614 valence electrons. The first kappa shape index (κ1) is 96.8. The predicted octanol–water partition coefficient (Wildman–Crippen LogP) is 24.0. The molecule has 15 rings (SSSR count). The lowest BCUT2D eigenvalue weighted by molar-refractivity contribution is -0.150. The Morgan fingerprint density at radius 2 is 0.957 bits per heavy atom. The van der Waals surface area contributed by atoms with Gasteiger partial charge in [0.25, 0.3) is 5.56 Å². The molecule has 10 aromatic rings. The molecule has 1 fully saturated rings. The number of benzene rings is 5. The number of Topliss-reactive ketones (excluding diaryl/α,β-unsaturated/α-hetero) is 1. The fourth-order valence-corrected chi connectivity index (χ4v) is 14.3. The lowest BCUT2D eigenvalue weighted by Gasteiger charge is -2.20. The minimum absolute atomic E-state index is 0. The van der Waals surface area contributed by atoms with Gasteiger partial charge in [0.2, 0.25) is 0 Å². The Kier molecular flexibility index (Phi) is 39.5. The third kappa shape index (κ3) is 28.9. The summed E-state index contributed by atoms with van der Waals surface area (Å²) >= 11 is 51.5. The molecule has 6 N–H and O–H groups in total. The molecule has 0 aliphatic heterocycles. The number of nitrogens with one attached hydrogen (secondary N) is 3. The number of amidine groups is 1. The van der Waals surface area contributed by atoms with E-state index in [9.17, 15) is 40.9 Å². The largest absolute Gasteiger partial charge is 0.468 e. The van der Waals surface area contributed by atoms with Crippen molar-refractivity contribution in [2.75, 3.05) is 19.0 Å². The van der Waals surface area contributed by atoms with Crippen molar-refractivity contribution in [1.29, 1.82) is 5.41 Å². The number of nitrogen functional groups attached to an aromatic ring is 1. The number of H-pyrrole nitrogens is 1. The van der Waals surface area contributed by atoms with Crippen molar-refractivity contribution in [3.63, 3.8) is 0 Å². The number of aromatic nitrogens is 9. The molecule has 1 atom stereocenters. The number of pyridine rings is 1. The Hall–Kier alpha value is -7.04. The van der Waals surface area contributed by atoms with E-state index in [1.165, 1.54) is 98.0 Å². The summed E-state index contributed by atoms with van der Waals surface area (Å²) in [4.78, 5) is 72.1. The molecule has 34 heteroatoms. The van der Waals surface area contributed by atoms with E-state index < -0.39 is 28.6 Å². The zero-order valence-electron chi connectivity index (χ0n) is 61.1. The van der Waals surface area contributed by atoms with E-state index in [0.717, 1.165) is 169 Å². The molecule has 1 unspecified atom stereocenters. The number of rotatable bonds is 8. The maximum absolute atomic E-state index is 14.3. The number of carbonyl (C=O) groups excluding carboxylic acids is 2. The molecule has 5 aliphatic rings. The van der Waals surface area contributed by atoms with Gasteiger partial charge in [0, 0.05) is 95.6 Å². The average Bonchev–Trinajstić information content (AvgIpc) is 1.69. The van der Waals surface area contributed by atoms with Crippen LogP contribution in [0.3, 0.4) is 0 Å². The summed E-state index contributed by atoms with van der Waals surface area (Å²) in [6.07, 6.45) is 22.4. The van der Waals surface area contributed by atoms with Crippen LogP contribution < -0.4 is 16.6 Å². The number of hydrogen-bond donors (Lipinski definition) is 5. The van der Waals surface area contributed by atoms with Gasteiger partial charge in [0.15, 0.2) is 17.5 Å². The van der Waals surface area contributed by atoms with Crippen LogP contribution in [0, 0.1) is 51.0 Å². The molecule has 5 aliphatic carbocycles. The first-order valence-corrected chi connectivity index (χ1v) is 43.4. The van der Waals surface area contributed by atoms with Gasteiger partial charge in [0.05, 0.1) is 40.6 Å². The highest BCUT2D eigenvalue weighted by molar-refractivity contribution is 14.1. The molecule has 0 saturated heterocycles. The number of aliphatic hydroxyl groups is 1. The predicted molar refractivity (Wildman–Crippen MR) is 462 cm³/mol. The maximum Gasteiger partial charge on any atom is 0.339 e. The number of esters is 1. The number of halogens is 15. The van der Waals surface area contributed by atoms with E-state index in [4.69, 9.17) is 85.9 Å². The molecule has 1 saturated carbocycles. The number of methoxy groups -OCH3 is 1. The molecule has 5 aromatic carbocycles. The summed E-state index contributed by atoms with van der Waals surface area (Å²) in [5.41, 5.74) is 15.9. The molecular weight excluding hydrogens is 1810 g/mol. The standard InChI is InChI=1S/C20H18ClFN4.C14H11Cl2FN2.C14H11ClFIN2.C14H12ClFN2O.C8H12O3.C7H6ClFN2.C2H6O.2CH4.Cl3OP/c1-12-11-23-9-8-17(12)24-19-14-4-2-3-5-18(14)25-20(26-19)15-10-13(21)6-7-16(15)22;15-8-5-6-11(17)10(7-8)14-18-12-4-2-1-3-9(12)13(16)19-14;15-8-5-6-11(16)10(7-8)14-18-12-4-2-1-3-9(12)13(17)19-14;15-8-5-6-11(16)10(7-8)13-17-12-4-2-1-3-9(12)14(19)18-13;1-11-8(10)6-4-2-3-5-7(6)9;8-4-1-2-6(9)5(3-4)7(10)11;1-2-3;;;1-5(2,3)4/h6-11H,2-5H2,1H3,(H,23,24,25,26);2*5-7H,1-4H2;5-7H,1-4H2,(H,17,18,19);6H,2-5H2,1H3;1-3H,(H3,10,11);3H,2H2,1H3;2*1H4;. The Morgan fingerprint density at radius 1 is 0.565 bits per heavy atom. The number of aromatic amines is 1. The molecular formula is C81H84Cl9F5IN12O6P. The SMILES string of the molecule is C.C.CCO.COC(=O)C1CCCCC1=O.Cc1cnccc1Nc1nc(-c2cc(Cl)ccc2F)nc2c1CCCC2.Fc1ccc(Cl)cc1-c1nc(Cl)c2c(n1)CCCC2.Fc1ccc(Cl)cc1-c1nc(I)c2c(n1)CCCC2.N=C(N)c1cc(Cl)ccc1F.O=P(Cl)(Cl)Cl.O=c1[nH]c(-c2cc(Cl)ccc2F)nc2c1CCCC2. The number of ether oxygens (including phenoxy) is 1. The monoisotopic (exact) mass is 1890 g/mol. The smallest absolute Gasteiger partial charge is 0.339 e. The van der Waals surface area contributed by atoms with Crippen LogP contribution in [0.15, 0.2) is 114 Å². The van der Waals surface area contributed by atoms with E-state index >= 15 is 0 Å². The fourth-order valence-electron chi connectivity index (χ4n) is 12.4. The molecule has 0 spiro atoms. The number of ketones is 1. The van der Waals surface area contributed by atoms with Crippen molar-refractivity contribution in [2.24, 2.45) is 11.7 Å². The molecule has 0 bridgehead atoms. The van der Waals surface area contributed by atoms with Crippen molar-refractivity contribution >= 4 is 160 Å². The Bertz CT molecular complexity index is 5050. The van der Waals surface area contributed by atoms with Crippen molar-refractivity contribution in [3.8, 4) is 45.6 Å². The van der Waals surface area contributed by atoms with Gasteiger partial charge in [-0.25, -0.2) is 56.8 Å². The van der Waals surface area contributed by atoms with E-state index in [2.05, 4.69) is 111 Å². The minimum atomic E-state index is -3.22. The first-order chi connectivity index (χ1) is 53.8. The third-order valence-corrected chi connectivity index (χ3v) is 20.2. The van der Waals surface area contributed by atoms with Gasteiger partial charge >= 0.3 is 11.2 Å². The molecule has 0 amide bonds.